The average molecular weight is 575 g/mol. The van der Waals surface area contributed by atoms with Crippen LogP contribution in [0.4, 0.5) is 0 Å². The fourth-order valence-corrected chi connectivity index (χ4v) is 9.01. The molecular formula is C39H26OS2. The zero-order valence-corrected chi connectivity index (χ0v) is 24.9. The minimum Gasteiger partial charge on any atom is -0.456 e. The Morgan fingerprint density at radius 3 is 1.88 bits per heavy atom. The van der Waals surface area contributed by atoms with Gasteiger partial charge in [0.15, 0.2) is 0 Å². The van der Waals surface area contributed by atoms with Gasteiger partial charge < -0.3 is 4.42 Å². The second kappa shape index (κ2) is 8.91. The van der Waals surface area contributed by atoms with Crippen LogP contribution in [0.1, 0.15) is 25.0 Å². The molecule has 0 saturated heterocycles. The Balaban J connectivity index is 1.13. The first kappa shape index (κ1) is 24.4. The molecule has 1 aromatic heterocycles. The summed E-state index contributed by atoms with van der Waals surface area (Å²) in [5.41, 5.74) is 12.3. The summed E-state index contributed by atoms with van der Waals surface area (Å²) in [4.78, 5) is 5.43. The van der Waals surface area contributed by atoms with Gasteiger partial charge in [0.2, 0.25) is 0 Å². The van der Waals surface area contributed by atoms with E-state index in [1.807, 2.05) is 35.7 Å². The van der Waals surface area contributed by atoms with Crippen molar-refractivity contribution in [2.24, 2.45) is 0 Å². The van der Waals surface area contributed by atoms with Gasteiger partial charge in [-0.15, -0.1) is 0 Å². The molecular weight excluding hydrogens is 549 g/mol. The van der Waals surface area contributed by atoms with Crippen LogP contribution in [-0.2, 0) is 5.41 Å². The summed E-state index contributed by atoms with van der Waals surface area (Å²) in [7, 11) is 0. The van der Waals surface area contributed by atoms with Crippen LogP contribution in [0.15, 0.2) is 145 Å². The van der Waals surface area contributed by atoms with E-state index in [4.69, 9.17) is 4.42 Å². The maximum atomic E-state index is 6.07. The van der Waals surface area contributed by atoms with E-state index in [1.165, 1.54) is 64.1 Å². The van der Waals surface area contributed by atoms with Crippen molar-refractivity contribution in [2.75, 3.05) is 0 Å². The maximum absolute atomic E-state index is 6.07. The highest BCUT2D eigenvalue weighted by Gasteiger charge is 2.37. The molecule has 0 amide bonds. The molecule has 0 atom stereocenters. The summed E-state index contributed by atoms with van der Waals surface area (Å²) in [5.74, 6) is 0. The predicted octanol–water partition coefficient (Wildman–Crippen LogP) is 11.8. The topological polar surface area (TPSA) is 13.1 Å². The van der Waals surface area contributed by atoms with Gasteiger partial charge in [0, 0.05) is 35.8 Å². The van der Waals surface area contributed by atoms with E-state index >= 15 is 0 Å². The lowest BCUT2D eigenvalue weighted by atomic mass is 9.82. The normalized spacial score (nSPS) is 14.4. The van der Waals surface area contributed by atoms with E-state index in [2.05, 4.69) is 123 Å². The Morgan fingerprint density at radius 1 is 0.452 bits per heavy atom. The van der Waals surface area contributed by atoms with Crippen LogP contribution in [0, 0.1) is 0 Å². The first-order valence-corrected chi connectivity index (χ1v) is 16.0. The summed E-state index contributed by atoms with van der Waals surface area (Å²) >= 11 is 3.80. The lowest BCUT2D eigenvalue weighted by Crippen LogP contribution is -2.15. The van der Waals surface area contributed by atoms with Gasteiger partial charge in [0.25, 0.3) is 0 Å². The third-order valence-corrected chi connectivity index (χ3v) is 11.5. The van der Waals surface area contributed by atoms with E-state index < -0.39 is 0 Å². The van der Waals surface area contributed by atoms with Gasteiger partial charge in [-0.1, -0.05) is 104 Å². The maximum Gasteiger partial charge on any atom is 0.135 e. The minimum atomic E-state index is -0.0367. The smallest absolute Gasteiger partial charge is 0.135 e. The monoisotopic (exact) mass is 574 g/mol. The molecule has 1 aliphatic heterocycles. The van der Waals surface area contributed by atoms with E-state index in [1.54, 1.807) is 0 Å². The molecule has 0 unspecified atom stereocenters. The Kier molecular flexibility index (Phi) is 5.18. The zero-order chi connectivity index (χ0) is 28.0. The summed E-state index contributed by atoms with van der Waals surface area (Å²) in [6.07, 6.45) is 0. The van der Waals surface area contributed by atoms with Crippen molar-refractivity contribution >= 4 is 45.5 Å². The van der Waals surface area contributed by atoms with E-state index in [0.29, 0.717) is 0 Å². The SMILES string of the molecule is CC1(C)c2ccc(-c3cccc(-c4ccc5oc6ccccc6c5c4)c3)cc2-c2cc3c(cc21)Sc1ccccc1S3. The van der Waals surface area contributed by atoms with Crippen LogP contribution < -0.4 is 0 Å². The standard InChI is InChI=1S/C39H26OS2/c1-39(2)31-16-14-25(19-28(31)29-21-37-38(22-32(29)39)42-36-13-6-5-12-35(36)41-37)23-8-7-9-24(18-23)26-15-17-34-30(20-26)27-10-3-4-11-33(27)40-34/h3-22H,1-2H3. The average Bonchev–Trinajstić information content (AvgIpc) is 3.50. The first-order chi connectivity index (χ1) is 20.5. The van der Waals surface area contributed by atoms with Gasteiger partial charge in [-0.05, 0) is 99.1 Å². The number of fused-ring (bicyclic) bond motifs is 8. The summed E-state index contributed by atoms with van der Waals surface area (Å²) < 4.78 is 6.07. The largest absolute Gasteiger partial charge is 0.456 e. The summed E-state index contributed by atoms with van der Waals surface area (Å²) in [6, 6.07) is 44.4. The van der Waals surface area contributed by atoms with Crippen molar-refractivity contribution in [1.29, 1.82) is 0 Å². The molecule has 6 aromatic carbocycles. The molecule has 9 rings (SSSR count). The molecule has 0 N–H and O–H groups in total. The number of hydrogen-bond donors (Lipinski definition) is 0. The zero-order valence-electron chi connectivity index (χ0n) is 23.3. The van der Waals surface area contributed by atoms with Gasteiger partial charge in [-0.2, -0.15) is 0 Å². The molecule has 0 spiro atoms. The quantitative estimate of drug-likeness (QED) is 0.204. The lowest BCUT2D eigenvalue weighted by Gasteiger charge is -2.24. The first-order valence-electron chi connectivity index (χ1n) is 14.3. The van der Waals surface area contributed by atoms with E-state index in [0.717, 1.165) is 21.9 Å². The molecule has 0 bridgehead atoms. The number of furan rings is 1. The lowest BCUT2D eigenvalue weighted by molar-refractivity contribution is 0.657. The highest BCUT2D eigenvalue weighted by atomic mass is 32.2. The van der Waals surface area contributed by atoms with Crippen molar-refractivity contribution in [3.63, 3.8) is 0 Å². The van der Waals surface area contributed by atoms with Gasteiger partial charge in [-0.25, -0.2) is 0 Å². The molecule has 0 saturated carbocycles. The molecule has 2 heterocycles. The van der Waals surface area contributed by atoms with Crippen molar-refractivity contribution in [3.8, 4) is 33.4 Å². The van der Waals surface area contributed by atoms with Crippen LogP contribution in [-0.4, -0.2) is 0 Å². The number of rotatable bonds is 2. The molecule has 200 valence electrons. The Labute approximate surface area is 253 Å². The van der Waals surface area contributed by atoms with Crippen molar-refractivity contribution in [1.82, 2.24) is 0 Å². The van der Waals surface area contributed by atoms with Crippen LogP contribution in [0.3, 0.4) is 0 Å². The van der Waals surface area contributed by atoms with Gasteiger partial charge in [0.05, 0.1) is 0 Å². The van der Waals surface area contributed by atoms with Crippen LogP contribution in [0.25, 0.3) is 55.3 Å². The highest BCUT2D eigenvalue weighted by Crippen LogP contribution is 2.56. The molecule has 0 radical (unpaired) electrons. The fraction of sp³-hybridized carbons (Fsp3) is 0.0769. The van der Waals surface area contributed by atoms with Crippen LogP contribution >= 0.6 is 23.5 Å². The fourth-order valence-electron chi connectivity index (χ4n) is 6.74. The van der Waals surface area contributed by atoms with Crippen molar-refractivity contribution in [2.45, 2.75) is 38.8 Å². The Hall–Kier alpha value is -4.18. The number of benzene rings is 6. The summed E-state index contributed by atoms with van der Waals surface area (Å²) in [5, 5.41) is 2.32. The summed E-state index contributed by atoms with van der Waals surface area (Å²) in [6.45, 7) is 4.74. The number of hydrogen-bond acceptors (Lipinski definition) is 3. The minimum absolute atomic E-state index is 0.0367. The third kappa shape index (κ3) is 3.60. The molecule has 3 heteroatoms. The van der Waals surface area contributed by atoms with Crippen molar-refractivity contribution < 1.29 is 4.42 Å². The second-order valence-corrected chi connectivity index (χ2v) is 13.9. The highest BCUT2D eigenvalue weighted by molar-refractivity contribution is 8.05. The molecule has 1 nitrogen and oxygen atoms in total. The Bertz CT molecular complexity index is 2240. The van der Waals surface area contributed by atoms with Crippen LogP contribution in [0.5, 0.6) is 0 Å². The molecule has 42 heavy (non-hydrogen) atoms. The number of para-hydroxylation sites is 1. The molecule has 0 fully saturated rings. The van der Waals surface area contributed by atoms with Gasteiger partial charge >= 0.3 is 0 Å². The van der Waals surface area contributed by atoms with Crippen LogP contribution in [0.2, 0.25) is 0 Å². The molecule has 2 aliphatic rings. The molecule has 1 aliphatic carbocycles. The van der Waals surface area contributed by atoms with E-state index in [-0.39, 0.29) is 5.41 Å². The van der Waals surface area contributed by atoms with E-state index in [9.17, 15) is 0 Å². The van der Waals surface area contributed by atoms with Gasteiger partial charge in [-0.3, -0.25) is 0 Å². The van der Waals surface area contributed by atoms with Gasteiger partial charge in [0.1, 0.15) is 11.2 Å². The molecule has 7 aromatic rings. The van der Waals surface area contributed by atoms with Crippen molar-refractivity contribution in [3.05, 3.63) is 132 Å². The predicted molar refractivity (Wildman–Crippen MR) is 177 cm³/mol. The Morgan fingerprint density at radius 2 is 1.07 bits per heavy atom. The second-order valence-electron chi connectivity index (χ2n) is 11.8. The third-order valence-electron chi connectivity index (χ3n) is 8.94.